The summed E-state index contributed by atoms with van der Waals surface area (Å²) >= 11 is 0. The number of imide groups is 1. The Morgan fingerprint density at radius 2 is 1.85 bits per heavy atom. The second kappa shape index (κ2) is 6.94. The molecule has 1 aliphatic carbocycles. The van der Waals surface area contributed by atoms with Crippen LogP contribution in [0.2, 0.25) is 0 Å². The number of nitrogens with zero attached hydrogens (tertiary/aromatic N) is 1. The number of carbonyl (C=O) groups excluding carboxylic acids is 4. The molecule has 3 rings (SSSR count). The van der Waals surface area contributed by atoms with Gasteiger partial charge in [0, 0.05) is 12.1 Å². The minimum atomic E-state index is -0.906. The van der Waals surface area contributed by atoms with Gasteiger partial charge >= 0.3 is 5.97 Å². The number of likely N-dealkylation sites (tertiary alicyclic amines) is 1. The Hall–Kier alpha value is -2.44. The van der Waals surface area contributed by atoms with Crippen molar-refractivity contribution in [2.45, 2.75) is 65.8 Å². The van der Waals surface area contributed by atoms with Crippen LogP contribution in [-0.2, 0) is 14.3 Å². The Bertz CT molecular complexity index is 817. The summed E-state index contributed by atoms with van der Waals surface area (Å²) < 4.78 is 5.05. The first-order valence-electron chi connectivity index (χ1n) is 9.50. The number of hydrogen-bond acceptors (Lipinski definition) is 5. The van der Waals surface area contributed by atoms with Crippen LogP contribution in [0.4, 0.5) is 0 Å². The zero-order valence-electron chi connectivity index (χ0n) is 16.3. The lowest BCUT2D eigenvalue weighted by Gasteiger charge is -2.25. The lowest BCUT2D eigenvalue weighted by Crippen LogP contribution is -2.45. The molecule has 146 valence electrons. The van der Waals surface area contributed by atoms with Crippen molar-refractivity contribution in [1.29, 1.82) is 0 Å². The molecular weight excluding hydrogens is 348 g/mol. The van der Waals surface area contributed by atoms with Crippen molar-refractivity contribution in [2.75, 3.05) is 6.61 Å². The highest BCUT2D eigenvalue weighted by Gasteiger charge is 2.54. The molecule has 27 heavy (non-hydrogen) atoms. The summed E-state index contributed by atoms with van der Waals surface area (Å²) in [7, 11) is 0. The lowest BCUT2D eigenvalue weighted by molar-refractivity contribution is -0.142. The van der Waals surface area contributed by atoms with Crippen LogP contribution in [-0.4, -0.2) is 46.1 Å². The van der Waals surface area contributed by atoms with Crippen LogP contribution in [0, 0.1) is 19.3 Å². The van der Waals surface area contributed by atoms with E-state index in [2.05, 4.69) is 4.98 Å². The second-order valence-electron chi connectivity index (χ2n) is 7.62. The molecule has 1 saturated heterocycles. The molecule has 0 bridgehead atoms. The predicted octanol–water partition coefficient (Wildman–Crippen LogP) is 2.70. The molecule has 2 fully saturated rings. The molecule has 2 amide bonds. The van der Waals surface area contributed by atoms with E-state index in [1.165, 1.54) is 0 Å². The highest BCUT2D eigenvalue weighted by Crippen LogP contribution is 2.47. The van der Waals surface area contributed by atoms with E-state index in [9.17, 15) is 19.2 Å². The largest absolute Gasteiger partial charge is 0.462 e. The monoisotopic (exact) mass is 374 g/mol. The fourth-order valence-corrected chi connectivity index (χ4v) is 4.49. The van der Waals surface area contributed by atoms with Crippen molar-refractivity contribution < 1.29 is 23.9 Å². The third-order valence-corrected chi connectivity index (χ3v) is 5.92. The lowest BCUT2D eigenvalue weighted by atomic mass is 9.84. The van der Waals surface area contributed by atoms with Crippen molar-refractivity contribution in [3.63, 3.8) is 0 Å². The van der Waals surface area contributed by atoms with Gasteiger partial charge in [0.25, 0.3) is 0 Å². The number of amides is 2. The van der Waals surface area contributed by atoms with Crippen LogP contribution in [0.3, 0.4) is 0 Å². The fourth-order valence-electron chi connectivity index (χ4n) is 4.49. The summed E-state index contributed by atoms with van der Waals surface area (Å²) in [6, 6.07) is -0.906. The number of H-pyrrole nitrogens is 1. The normalized spacial score (nSPS) is 19.8. The number of hydrogen-bond donors (Lipinski definition) is 1. The number of aromatic nitrogens is 1. The number of Topliss-reactive ketones (excluding diaryl/α,β-unsaturated/α-hetero) is 1. The summed E-state index contributed by atoms with van der Waals surface area (Å²) in [5.41, 5.74) is 0.989. The molecule has 0 radical (unpaired) electrons. The van der Waals surface area contributed by atoms with E-state index in [1.807, 2.05) is 0 Å². The smallest absolute Gasteiger partial charge is 0.340 e. The first-order valence-corrected chi connectivity index (χ1v) is 9.50. The fraction of sp³-hybridized carbons (Fsp3) is 0.600. The molecule has 2 aliphatic rings. The minimum Gasteiger partial charge on any atom is -0.462 e. The van der Waals surface area contributed by atoms with Crippen molar-refractivity contribution in [3.8, 4) is 0 Å². The van der Waals surface area contributed by atoms with Gasteiger partial charge in [0.1, 0.15) is 6.04 Å². The van der Waals surface area contributed by atoms with Crippen LogP contribution in [0.5, 0.6) is 0 Å². The van der Waals surface area contributed by atoms with Crippen LogP contribution >= 0.6 is 0 Å². The highest BCUT2D eigenvalue weighted by molar-refractivity contribution is 6.12. The minimum absolute atomic E-state index is 0.195. The number of aryl methyl sites for hydroxylation is 1. The molecule has 1 aliphatic heterocycles. The van der Waals surface area contributed by atoms with E-state index in [0.717, 1.165) is 17.7 Å². The number of esters is 1. The zero-order valence-corrected chi connectivity index (χ0v) is 16.3. The van der Waals surface area contributed by atoms with E-state index in [0.29, 0.717) is 29.7 Å². The predicted molar refractivity (Wildman–Crippen MR) is 97.4 cm³/mol. The van der Waals surface area contributed by atoms with Crippen molar-refractivity contribution in [3.05, 3.63) is 22.5 Å². The van der Waals surface area contributed by atoms with Gasteiger partial charge in [-0.3, -0.25) is 19.3 Å². The van der Waals surface area contributed by atoms with Gasteiger partial charge in [-0.25, -0.2) is 4.79 Å². The van der Waals surface area contributed by atoms with Crippen LogP contribution < -0.4 is 0 Å². The molecule has 1 saturated carbocycles. The Balaban J connectivity index is 1.88. The topological polar surface area (TPSA) is 96.5 Å². The van der Waals surface area contributed by atoms with Gasteiger partial charge in [-0.2, -0.15) is 0 Å². The Labute approximate surface area is 158 Å². The third kappa shape index (κ3) is 2.99. The molecule has 1 aromatic rings. The molecule has 1 spiro atoms. The van der Waals surface area contributed by atoms with Crippen LogP contribution in [0.25, 0.3) is 0 Å². The summed E-state index contributed by atoms with van der Waals surface area (Å²) in [5, 5.41) is 0. The summed E-state index contributed by atoms with van der Waals surface area (Å²) in [4.78, 5) is 54.8. The van der Waals surface area contributed by atoms with Gasteiger partial charge in [0.15, 0.2) is 0 Å². The van der Waals surface area contributed by atoms with Gasteiger partial charge < -0.3 is 9.72 Å². The first-order chi connectivity index (χ1) is 12.7. The maximum atomic E-state index is 13.1. The number of rotatable bonds is 5. The van der Waals surface area contributed by atoms with Crippen molar-refractivity contribution >= 4 is 23.6 Å². The molecule has 0 aromatic carbocycles. The number of ether oxygens (including phenoxy) is 1. The van der Waals surface area contributed by atoms with Gasteiger partial charge in [-0.05, 0) is 46.1 Å². The van der Waals surface area contributed by atoms with Gasteiger partial charge in [0.05, 0.1) is 23.3 Å². The maximum absolute atomic E-state index is 13.1. The summed E-state index contributed by atoms with van der Waals surface area (Å²) in [6.45, 7) is 6.89. The standard InChI is InChI=1S/C20H26N2O5/c1-5-27-18(25)15-11(2)16(21-12(15)3)17(24)13(4)22-14(23)10-20(19(22)26)8-6-7-9-20/h13,21H,5-10H2,1-4H3/t13-/m1/s1. The van der Waals surface area contributed by atoms with Gasteiger partial charge in [-0.1, -0.05) is 12.8 Å². The Kier molecular flexibility index (Phi) is 4.97. The molecule has 1 N–H and O–H groups in total. The van der Waals surface area contributed by atoms with E-state index in [4.69, 9.17) is 4.74 Å². The Morgan fingerprint density at radius 1 is 1.22 bits per heavy atom. The van der Waals surface area contributed by atoms with Crippen LogP contribution in [0.15, 0.2) is 0 Å². The number of aromatic amines is 1. The summed E-state index contributed by atoms with van der Waals surface area (Å²) in [5.74, 6) is -1.37. The number of nitrogens with one attached hydrogen (secondary N) is 1. The van der Waals surface area contributed by atoms with Crippen molar-refractivity contribution in [1.82, 2.24) is 9.88 Å². The first kappa shape index (κ1) is 19.3. The van der Waals surface area contributed by atoms with E-state index in [1.54, 1.807) is 27.7 Å². The average Bonchev–Trinajstić information content (AvgIpc) is 3.25. The van der Waals surface area contributed by atoms with Crippen LogP contribution in [0.1, 0.15) is 78.1 Å². The Morgan fingerprint density at radius 3 is 2.44 bits per heavy atom. The maximum Gasteiger partial charge on any atom is 0.340 e. The molecule has 1 atom stereocenters. The SMILES string of the molecule is CCOC(=O)c1c(C)[nH]c(C(=O)[C@@H](C)N2C(=O)CC3(CCCC3)C2=O)c1C. The number of carbonyl (C=O) groups is 4. The average molecular weight is 374 g/mol. The highest BCUT2D eigenvalue weighted by atomic mass is 16.5. The molecule has 7 heteroatoms. The van der Waals surface area contributed by atoms with Gasteiger partial charge in [0.2, 0.25) is 17.6 Å². The molecule has 2 heterocycles. The van der Waals surface area contributed by atoms with Crippen molar-refractivity contribution in [2.24, 2.45) is 5.41 Å². The van der Waals surface area contributed by atoms with E-state index in [-0.39, 0.29) is 36.3 Å². The quantitative estimate of drug-likeness (QED) is 0.486. The molecular formula is C20H26N2O5. The van der Waals surface area contributed by atoms with E-state index >= 15 is 0 Å². The zero-order chi connectivity index (χ0) is 19.9. The molecule has 7 nitrogen and oxygen atoms in total. The summed E-state index contributed by atoms with van der Waals surface area (Å²) in [6.07, 6.45) is 3.49. The second-order valence-corrected chi connectivity index (χ2v) is 7.62. The third-order valence-electron chi connectivity index (χ3n) is 5.92. The molecule has 0 unspecified atom stereocenters. The molecule has 1 aromatic heterocycles. The van der Waals surface area contributed by atoms with Gasteiger partial charge in [-0.15, -0.1) is 0 Å². The van der Waals surface area contributed by atoms with E-state index < -0.39 is 17.4 Å². The number of ketones is 1.